The molecule has 1 N–H and O–H groups in total. The number of anilines is 2. The lowest BCUT2D eigenvalue weighted by Crippen LogP contribution is -2.09. The molecule has 0 fully saturated rings. The van der Waals surface area contributed by atoms with Gasteiger partial charge in [0.1, 0.15) is 0 Å². The smallest absolute Gasteiger partial charge is 0.335 e. The number of carboxylic acids is 1. The fourth-order valence-corrected chi connectivity index (χ4v) is 1.85. The number of nitroso groups, excluding NO2 is 1. The van der Waals surface area contributed by atoms with E-state index < -0.39 is 5.97 Å². The quantitative estimate of drug-likeness (QED) is 0.516. The fraction of sp³-hybridized carbons (Fsp3) is 0.0667. The highest BCUT2D eigenvalue weighted by Crippen LogP contribution is 2.26. The number of carbonyl (C=O) groups excluding carboxylic acids is 1. The SMILES string of the molecule is CC(=O)c1ccc(N(N=O)c2cccc(C(=O)O)c2)cc1. The van der Waals surface area contributed by atoms with E-state index in [2.05, 4.69) is 5.29 Å². The predicted molar refractivity (Wildman–Crippen MR) is 77.8 cm³/mol. The number of carboxylic acid groups (broad SMARTS) is 1. The second kappa shape index (κ2) is 5.96. The van der Waals surface area contributed by atoms with E-state index in [1.807, 2.05) is 0 Å². The summed E-state index contributed by atoms with van der Waals surface area (Å²) in [7, 11) is 0. The van der Waals surface area contributed by atoms with Crippen molar-refractivity contribution in [3.8, 4) is 0 Å². The maximum Gasteiger partial charge on any atom is 0.335 e. The van der Waals surface area contributed by atoms with Gasteiger partial charge in [-0.25, -0.2) is 4.79 Å². The number of rotatable bonds is 5. The highest BCUT2D eigenvalue weighted by molar-refractivity contribution is 5.94. The molecule has 6 nitrogen and oxygen atoms in total. The van der Waals surface area contributed by atoms with Gasteiger partial charge in [-0.15, -0.1) is 4.91 Å². The number of aromatic carboxylic acids is 1. The van der Waals surface area contributed by atoms with Crippen LogP contribution in [0.2, 0.25) is 0 Å². The van der Waals surface area contributed by atoms with Gasteiger partial charge in [-0.2, -0.15) is 5.01 Å². The standard InChI is InChI=1S/C15H12N2O4/c1-10(18)11-5-7-13(8-6-11)17(16-21)14-4-2-3-12(9-14)15(19)20/h2-9H,1H3,(H,19,20). The Kier molecular flexibility index (Phi) is 4.08. The van der Waals surface area contributed by atoms with Crippen LogP contribution in [0.5, 0.6) is 0 Å². The summed E-state index contributed by atoms with van der Waals surface area (Å²) in [5, 5.41) is 12.9. The third-order valence-electron chi connectivity index (χ3n) is 2.94. The molecule has 2 rings (SSSR count). The van der Waals surface area contributed by atoms with Crippen LogP contribution in [0.25, 0.3) is 0 Å². The minimum absolute atomic E-state index is 0.0570. The molecular formula is C15H12N2O4. The van der Waals surface area contributed by atoms with Crippen molar-refractivity contribution in [3.05, 3.63) is 64.6 Å². The van der Waals surface area contributed by atoms with Crippen molar-refractivity contribution in [2.75, 3.05) is 5.01 Å². The van der Waals surface area contributed by atoms with Gasteiger partial charge in [0.25, 0.3) is 0 Å². The summed E-state index contributed by atoms with van der Waals surface area (Å²) in [4.78, 5) is 33.2. The summed E-state index contributed by atoms with van der Waals surface area (Å²) >= 11 is 0. The third kappa shape index (κ3) is 3.11. The molecule has 0 spiro atoms. The maximum atomic E-state index is 11.2. The van der Waals surface area contributed by atoms with Gasteiger partial charge in [-0.3, -0.25) is 4.79 Å². The van der Waals surface area contributed by atoms with Crippen LogP contribution in [0.3, 0.4) is 0 Å². The van der Waals surface area contributed by atoms with E-state index in [9.17, 15) is 14.5 Å². The Hall–Kier alpha value is -3.02. The summed E-state index contributed by atoms with van der Waals surface area (Å²) < 4.78 is 0. The Morgan fingerprint density at radius 3 is 2.19 bits per heavy atom. The molecule has 0 saturated carbocycles. The minimum atomic E-state index is -1.09. The largest absolute Gasteiger partial charge is 0.478 e. The molecule has 106 valence electrons. The Bertz CT molecular complexity index is 695. The second-order valence-electron chi connectivity index (χ2n) is 4.35. The van der Waals surface area contributed by atoms with Crippen molar-refractivity contribution in [2.24, 2.45) is 5.29 Å². The highest BCUT2D eigenvalue weighted by atomic mass is 16.4. The Balaban J connectivity index is 2.39. The Morgan fingerprint density at radius 2 is 1.67 bits per heavy atom. The Labute approximate surface area is 120 Å². The molecule has 0 aromatic heterocycles. The van der Waals surface area contributed by atoms with Gasteiger partial charge in [0.05, 0.1) is 22.2 Å². The third-order valence-corrected chi connectivity index (χ3v) is 2.94. The van der Waals surface area contributed by atoms with E-state index in [0.29, 0.717) is 16.9 Å². The fourth-order valence-electron chi connectivity index (χ4n) is 1.85. The first-order valence-electron chi connectivity index (χ1n) is 6.10. The van der Waals surface area contributed by atoms with Crippen LogP contribution in [0.15, 0.2) is 53.8 Å². The first-order valence-corrected chi connectivity index (χ1v) is 6.10. The van der Waals surface area contributed by atoms with Crippen LogP contribution in [0.1, 0.15) is 27.6 Å². The molecule has 0 unspecified atom stereocenters. The summed E-state index contributed by atoms with van der Waals surface area (Å²) in [5.41, 5.74) is 1.35. The number of hydrogen-bond acceptors (Lipinski definition) is 4. The first kappa shape index (κ1) is 14.4. The lowest BCUT2D eigenvalue weighted by Gasteiger charge is -2.15. The summed E-state index contributed by atoms with van der Waals surface area (Å²) in [6.07, 6.45) is 0. The molecule has 0 saturated heterocycles. The molecule has 2 aromatic rings. The van der Waals surface area contributed by atoms with Gasteiger partial charge in [0, 0.05) is 5.56 Å². The van der Waals surface area contributed by atoms with Crippen molar-refractivity contribution < 1.29 is 14.7 Å². The zero-order chi connectivity index (χ0) is 15.4. The molecule has 0 heterocycles. The van der Waals surface area contributed by atoms with Gasteiger partial charge in [-0.1, -0.05) is 6.07 Å². The van der Waals surface area contributed by atoms with Gasteiger partial charge in [0.2, 0.25) is 0 Å². The number of carbonyl (C=O) groups is 2. The summed E-state index contributed by atoms with van der Waals surface area (Å²) in [6.45, 7) is 1.45. The minimum Gasteiger partial charge on any atom is -0.478 e. The first-order chi connectivity index (χ1) is 10.0. The van der Waals surface area contributed by atoms with Gasteiger partial charge < -0.3 is 5.11 Å². The van der Waals surface area contributed by atoms with Crippen LogP contribution in [-0.4, -0.2) is 16.9 Å². The average molecular weight is 284 g/mol. The van der Waals surface area contributed by atoms with Crippen LogP contribution in [0, 0.1) is 4.91 Å². The number of Topliss-reactive ketones (excluding diaryl/α,β-unsaturated/α-hetero) is 1. The highest BCUT2D eigenvalue weighted by Gasteiger charge is 2.12. The number of nitrogens with zero attached hydrogens (tertiary/aromatic N) is 2. The van der Waals surface area contributed by atoms with Crippen molar-refractivity contribution in [1.29, 1.82) is 0 Å². The summed E-state index contributed by atoms with van der Waals surface area (Å²) in [5.74, 6) is -1.17. The molecule has 0 aliphatic carbocycles. The molecule has 0 aliphatic heterocycles. The molecule has 0 aliphatic rings. The molecule has 0 radical (unpaired) electrons. The number of benzene rings is 2. The van der Waals surface area contributed by atoms with Crippen LogP contribution in [0.4, 0.5) is 11.4 Å². The molecular weight excluding hydrogens is 272 g/mol. The van der Waals surface area contributed by atoms with Crippen molar-refractivity contribution in [1.82, 2.24) is 0 Å². The number of hydrogen-bond donors (Lipinski definition) is 1. The maximum absolute atomic E-state index is 11.2. The van der Waals surface area contributed by atoms with E-state index in [0.717, 1.165) is 5.01 Å². The van der Waals surface area contributed by atoms with Gasteiger partial charge in [-0.05, 0) is 49.4 Å². The van der Waals surface area contributed by atoms with E-state index in [-0.39, 0.29) is 11.3 Å². The molecule has 0 bridgehead atoms. The second-order valence-corrected chi connectivity index (χ2v) is 4.35. The van der Waals surface area contributed by atoms with Gasteiger partial charge >= 0.3 is 5.97 Å². The topological polar surface area (TPSA) is 87.0 Å². The monoisotopic (exact) mass is 284 g/mol. The number of ketones is 1. The average Bonchev–Trinajstić information content (AvgIpc) is 2.49. The molecule has 0 amide bonds. The van der Waals surface area contributed by atoms with E-state index >= 15 is 0 Å². The van der Waals surface area contributed by atoms with Gasteiger partial charge in [0.15, 0.2) is 5.78 Å². The summed E-state index contributed by atoms with van der Waals surface area (Å²) in [6, 6.07) is 12.2. The molecule has 2 aromatic carbocycles. The van der Waals surface area contributed by atoms with E-state index in [4.69, 9.17) is 5.11 Å². The van der Waals surface area contributed by atoms with E-state index in [1.165, 1.54) is 25.1 Å². The molecule has 6 heteroatoms. The van der Waals surface area contributed by atoms with Crippen LogP contribution in [-0.2, 0) is 0 Å². The molecule has 21 heavy (non-hydrogen) atoms. The van der Waals surface area contributed by atoms with Crippen LogP contribution >= 0.6 is 0 Å². The van der Waals surface area contributed by atoms with Crippen LogP contribution < -0.4 is 5.01 Å². The normalized spacial score (nSPS) is 9.95. The van der Waals surface area contributed by atoms with Crippen molar-refractivity contribution in [3.63, 3.8) is 0 Å². The van der Waals surface area contributed by atoms with E-state index in [1.54, 1.807) is 30.3 Å². The lowest BCUT2D eigenvalue weighted by atomic mass is 10.1. The van der Waals surface area contributed by atoms with Crippen molar-refractivity contribution >= 4 is 23.1 Å². The zero-order valence-corrected chi connectivity index (χ0v) is 11.2. The lowest BCUT2D eigenvalue weighted by molar-refractivity contribution is 0.0696. The van der Waals surface area contributed by atoms with Crippen molar-refractivity contribution in [2.45, 2.75) is 6.92 Å². The Morgan fingerprint density at radius 1 is 1.00 bits per heavy atom. The predicted octanol–water partition coefficient (Wildman–Crippen LogP) is 3.41. The molecule has 0 atom stereocenters. The zero-order valence-electron chi connectivity index (χ0n) is 11.2.